The Kier molecular flexibility index (Phi) is 4.05. The number of rotatable bonds is 2. The number of hydrogen-bond acceptors (Lipinski definition) is 4. The normalized spacial score (nSPS) is 14.6. The third kappa shape index (κ3) is 2.93. The molecule has 1 aromatic heterocycles. The van der Waals surface area contributed by atoms with Crippen molar-refractivity contribution in [2.24, 2.45) is 0 Å². The van der Waals surface area contributed by atoms with Crippen LogP contribution in [0.15, 0.2) is 47.8 Å². The van der Waals surface area contributed by atoms with E-state index < -0.39 is 0 Å². The quantitative estimate of drug-likeness (QED) is 0.908. The van der Waals surface area contributed by atoms with Crippen molar-refractivity contribution in [2.45, 2.75) is 0 Å². The average Bonchev–Trinajstić information content (AvgIpc) is 2.48. The number of hydrogen-bond donors (Lipinski definition) is 1. The van der Waals surface area contributed by atoms with E-state index in [1.165, 1.54) is 0 Å². The Morgan fingerprint density at radius 1 is 1.14 bits per heavy atom. The Morgan fingerprint density at radius 2 is 1.86 bits per heavy atom. The number of nitrogens with zero attached hydrogens (tertiary/aromatic N) is 3. The van der Waals surface area contributed by atoms with Gasteiger partial charge in [-0.2, -0.15) is 0 Å². The first-order chi connectivity index (χ1) is 10.5. The van der Waals surface area contributed by atoms with Gasteiger partial charge in [0.25, 0.3) is 0 Å². The maximum atomic E-state index is 6.37. The third-order valence-corrected chi connectivity index (χ3v) is 3.89. The molecule has 22 heavy (non-hydrogen) atoms. The first-order valence-corrected chi connectivity index (χ1v) is 7.47. The first kappa shape index (κ1) is 14.9. The van der Waals surface area contributed by atoms with Crippen LogP contribution >= 0.6 is 23.2 Å². The van der Waals surface area contributed by atoms with Gasteiger partial charge in [-0.25, -0.2) is 4.98 Å². The summed E-state index contributed by atoms with van der Waals surface area (Å²) in [7, 11) is 1.96. The van der Waals surface area contributed by atoms with E-state index in [-0.39, 0.29) is 0 Å². The van der Waals surface area contributed by atoms with Crippen LogP contribution in [0.2, 0.25) is 5.02 Å². The fraction of sp³-hybridized carbons (Fsp3) is 0.125. The van der Waals surface area contributed by atoms with Crippen LogP contribution in [0, 0.1) is 0 Å². The van der Waals surface area contributed by atoms with Crippen LogP contribution in [-0.4, -0.2) is 28.5 Å². The summed E-state index contributed by atoms with van der Waals surface area (Å²) in [5.41, 5.74) is 8.97. The highest BCUT2D eigenvalue weighted by atomic mass is 35.5. The molecule has 2 aromatic rings. The fourth-order valence-electron chi connectivity index (χ4n) is 2.27. The topological polar surface area (TPSA) is 55.0 Å². The van der Waals surface area contributed by atoms with Gasteiger partial charge in [0.2, 0.25) is 0 Å². The van der Waals surface area contributed by atoms with E-state index >= 15 is 0 Å². The minimum absolute atomic E-state index is 0.358. The van der Waals surface area contributed by atoms with E-state index in [2.05, 4.69) is 9.97 Å². The molecule has 112 valence electrons. The molecule has 0 radical (unpaired) electrons. The molecule has 0 unspecified atom stereocenters. The van der Waals surface area contributed by atoms with Crippen LogP contribution in [0.1, 0.15) is 5.69 Å². The van der Waals surface area contributed by atoms with Gasteiger partial charge in [-0.15, -0.1) is 0 Å². The van der Waals surface area contributed by atoms with E-state index in [1.54, 1.807) is 6.20 Å². The number of aromatic nitrogens is 2. The maximum Gasteiger partial charge on any atom is 0.142 e. The Morgan fingerprint density at radius 3 is 2.55 bits per heavy atom. The summed E-state index contributed by atoms with van der Waals surface area (Å²) >= 11 is 12.3. The van der Waals surface area contributed by atoms with Crippen molar-refractivity contribution in [3.8, 4) is 11.3 Å². The van der Waals surface area contributed by atoms with Gasteiger partial charge in [0.15, 0.2) is 0 Å². The molecule has 0 amide bonds. The van der Waals surface area contributed by atoms with Crippen molar-refractivity contribution in [3.05, 3.63) is 58.5 Å². The Hall–Kier alpha value is -2.04. The molecule has 6 heteroatoms. The van der Waals surface area contributed by atoms with E-state index in [0.29, 0.717) is 21.6 Å². The first-order valence-electron chi connectivity index (χ1n) is 6.71. The number of nitrogens with two attached hydrogens (primary N) is 1. The smallest absolute Gasteiger partial charge is 0.142 e. The lowest BCUT2D eigenvalue weighted by Gasteiger charge is -2.20. The Labute approximate surface area is 138 Å². The summed E-state index contributed by atoms with van der Waals surface area (Å²) in [6.07, 6.45) is 5.43. The Bertz CT molecular complexity index is 766. The molecule has 0 spiro atoms. The van der Waals surface area contributed by atoms with Gasteiger partial charge in [0, 0.05) is 36.0 Å². The van der Waals surface area contributed by atoms with Gasteiger partial charge >= 0.3 is 0 Å². The monoisotopic (exact) mass is 332 g/mol. The zero-order chi connectivity index (χ0) is 15.7. The van der Waals surface area contributed by atoms with E-state index in [0.717, 1.165) is 23.4 Å². The molecule has 0 saturated heterocycles. The maximum absolute atomic E-state index is 6.37. The highest BCUT2D eigenvalue weighted by Crippen LogP contribution is 2.34. The molecule has 0 bridgehead atoms. The van der Waals surface area contributed by atoms with Gasteiger partial charge in [-0.1, -0.05) is 41.4 Å². The third-order valence-electron chi connectivity index (χ3n) is 3.34. The predicted octanol–water partition coefficient (Wildman–Crippen LogP) is 3.79. The lowest BCUT2D eigenvalue weighted by Crippen LogP contribution is -2.16. The van der Waals surface area contributed by atoms with Crippen molar-refractivity contribution >= 4 is 34.6 Å². The van der Waals surface area contributed by atoms with Crippen LogP contribution in [0.3, 0.4) is 0 Å². The van der Waals surface area contributed by atoms with Crippen LogP contribution in [0.5, 0.6) is 0 Å². The molecule has 1 aromatic carbocycles. The summed E-state index contributed by atoms with van der Waals surface area (Å²) in [4.78, 5) is 10.9. The SMILES string of the molecule is CN1C=C(Cl)C(c2nc(N)cnc2-c2ccc(Cl)cc2)=CC1. The number of halogens is 2. The lowest BCUT2D eigenvalue weighted by atomic mass is 10.0. The second kappa shape index (κ2) is 5.99. The highest BCUT2D eigenvalue weighted by Gasteiger charge is 2.18. The van der Waals surface area contributed by atoms with Crippen LogP contribution in [0.4, 0.5) is 5.82 Å². The molecule has 1 aliphatic heterocycles. The molecule has 0 aliphatic carbocycles. The Balaban J connectivity index is 2.13. The molecule has 2 heterocycles. The number of benzene rings is 1. The second-order valence-electron chi connectivity index (χ2n) is 5.03. The summed E-state index contributed by atoms with van der Waals surface area (Å²) in [6.45, 7) is 0.752. The number of anilines is 1. The van der Waals surface area contributed by atoms with E-state index in [9.17, 15) is 0 Å². The van der Waals surface area contributed by atoms with E-state index in [4.69, 9.17) is 28.9 Å². The largest absolute Gasteiger partial charge is 0.382 e. The number of allylic oxidation sites excluding steroid dienone is 2. The summed E-state index contributed by atoms with van der Waals surface area (Å²) in [5, 5.41) is 1.29. The number of likely N-dealkylation sites (N-methyl/N-ethyl adjacent to an activating group) is 1. The molecule has 2 N–H and O–H groups in total. The summed E-state index contributed by atoms with van der Waals surface area (Å²) in [6, 6.07) is 7.44. The van der Waals surface area contributed by atoms with Gasteiger partial charge in [0.1, 0.15) is 11.5 Å². The van der Waals surface area contributed by atoms with Crippen molar-refractivity contribution in [1.82, 2.24) is 14.9 Å². The molecular formula is C16H14Cl2N4. The van der Waals surface area contributed by atoms with Crippen LogP contribution < -0.4 is 5.73 Å². The molecule has 3 rings (SSSR count). The van der Waals surface area contributed by atoms with Crippen molar-refractivity contribution < 1.29 is 0 Å². The predicted molar refractivity (Wildman–Crippen MR) is 91.4 cm³/mol. The standard InChI is InChI=1S/C16H14Cl2N4/c1-22-7-6-12(13(18)9-22)16-15(20-8-14(19)21-16)10-2-4-11(17)5-3-10/h2-6,8-9H,7H2,1H3,(H2,19,21). The molecular weight excluding hydrogens is 319 g/mol. The van der Waals surface area contributed by atoms with Crippen molar-refractivity contribution in [2.75, 3.05) is 19.3 Å². The van der Waals surface area contributed by atoms with Gasteiger partial charge in [0.05, 0.1) is 16.9 Å². The fourth-order valence-corrected chi connectivity index (χ4v) is 2.73. The van der Waals surface area contributed by atoms with Gasteiger partial charge in [-0.3, -0.25) is 4.98 Å². The van der Waals surface area contributed by atoms with Crippen LogP contribution in [0.25, 0.3) is 16.8 Å². The molecule has 1 aliphatic rings. The molecule has 0 saturated carbocycles. The van der Waals surface area contributed by atoms with Gasteiger partial charge in [-0.05, 0) is 12.1 Å². The van der Waals surface area contributed by atoms with Crippen molar-refractivity contribution in [3.63, 3.8) is 0 Å². The molecule has 0 atom stereocenters. The summed E-state index contributed by atoms with van der Waals surface area (Å²) in [5.74, 6) is 0.358. The average molecular weight is 333 g/mol. The minimum atomic E-state index is 0.358. The summed E-state index contributed by atoms with van der Waals surface area (Å²) < 4.78 is 0. The molecule has 4 nitrogen and oxygen atoms in total. The number of nitrogen functional groups attached to an aromatic ring is 1. The zero-order valence-corrected chi connectivity index (χ0v) is 13.4. The highest BCUT2D eigenvalue weighted by molar-refractivity contribution is 6.37. The zero-order valence-electron chi connectivity index (χ0n) is 11.9. The lowest BCUT2D eigenvalue weighted by molar-refractivity contribution is 0.505. The van der Waals surface area contributed by atoms with Crippen LogP contribution in [-0.2, 0) is 0 Å². The van der Waals surface area contributed by atoms with Gasteiger partial charge < -0.3 is 10.6 Å². The van der Waals surface area contributed by atoms with Crippen molar-refractivity contribution in [1.29, 1.82) is 0 Å². The second-order valence-corrected chi connectivity index (χ2v) is 5.88. The minimum Gasteiger partial charge on any atom is -0.382 e. The molecule has 0 fully saturated rings. The van der Waals surface area contributed by atoms with E-state index in [1.807, 2.05) is 48.5 Å².